The number of carbonyl (C=O) groups excluding carboxylic acids is 1. The molecule has 3 rings (SSSR count). The van der Waals surface area contributed by atoms with Crippen molar-refractivity contribution >= 4 is 17.5 Å². The molecule has 4 nitrogen and oxygen atoms in total. The summed E-state index contributed by atoms with van der Waals surface area (Å²) >= 11 is 6.19. The van der Waals surface area contributed by atoms with Gasteiger partial charge in [0.2, 0.25) is 0 Å². The van der Waals surface area contributed by atoms with E-state index in [1.54, 1.807) is 6.07 Å². The second kappa shape index (κ2) is 6.53. The molecule has 0 spiro atoms. The molecule has 1 saturated heterocycles. The topological polar surface area (TPSA) is 49.0 Å². The van der Waals surface area contributed by atoms with Crippen LogP contribution in [-0.2, 0) is 0 Å². The number of benzene rings is 1. The number of halogens is 1. The van der Waals surface area contributed by atoms with Gasteiger partial charge in [0.15, 0.2) is 0 Å². The van der Waals surface area contributed by atoms with E-state index in [4.69, 9.17) is 11.6 Å². The molecule has 1 aromatic carbocycles. The van der Waals surface area contributed by atoms with Crippen molar-refractivity contribution in [1.82, 2.24) is 15.1 Å². The van der Waals surface area contributed by atoms with Gasteiger partial charge >= 0.3 is 0 Å². The van der Waals surface area contributed by atoms with Crippen molar-refractivity contribution in [2.24, 2.45) is 0 Å². The molecule has 2 aromatic rings. The standard InChI is InChI=1S/C17H20ClN3O/c1-2-12-7-5-6-10-21(12)17(22)16-11-15(19-20-16)13-8-3-4-9-14(13)18/h3-4,8-9,11-12H,2,5-7,10H2,1H3,(H,19,20)/t12-/m0/s1. The van der Waals surface area contributed by atoms with Crippen LogP contribution in [0.25, 0.3) is 11.3 Å². The summed E-state index contributed by atoms with van der Waals surface area (Å²) in [6, 6.07) is 9.66. The summed E-state index contributed by atoms with van der Waals surface area (Å²) in [6.45, 7) is 2.97. The lowest BCUT2D eigenvalue weighted by molar-refractivity contribution is 0.0602. The number of H-pyrrole nitrogens is 1. The van der Waals surface area contributed by atoms with Crippen molar-refractivity contribution in [3.8, 4) is 11.3 Å². The molecule has 116 valence electrons. The number of likely N-dealkylation sites (tertiary alicyclic amines) is 1. The van der Waals surface area contributed by atoms with Crippen LogP contribution < -0.4 is 0 Å². The summed E-state index contributed by atoms with van der Waals surface area (Å²) in [5.74, 6) is 0.0392. The highest BCUT2D eigenvalue weighted by Gasteiger charge is 2.27. The largest absolute Gasteiger partial charge is 0.334 e. The zero-order valence-corrected chi connectivity index (χ0v) is 13.4. The molecule has 0 radical (unpaired) electrons. The lowest BCUT2D eigenvalue weighted by atomic mass is 9.99. The maximum atomic E-state index is 12.7. The quantitative estimate of drug-likeness (QED) is 0.925. The normalized spacial score (nSPS) is 18.5. The first kappa shape index (κ1) is 15.1. The van der Waals surface area contributed by atoms with E-state index in [9.17, 15) is 4.79 Å². The second-order valence-corrected chi connectivity index (χ2v) is 6.11. The molecular weight excluding hydrogens is 298 g/mol. The lowest BCUT2D eigenvalue weighted by Gasteiger charge is -2.34. The number of nitrogens with zero attached hydrogens (tertiary/aromatic N) is 2. The molecular formula is C17H20ClN3O. The molecule has 1 aromatic heterocycles. The van der Waals surface area contributed by atoms with Crippen LogP contribution in [0.1, 0.15) is 43.1 Å². The summed E-state index contributed by atoms with van der Waals surface area (Å²) in [5, 5.41) is 7.77. The number of piperidine rings is 1. The Morgan fingerprint density at radius 1 is 1.41 bits per heavy atom. The van der Waals surface area contributed by atoms with E-state index in [1.165, 1.54) is 6.42 Å². The highest BCUT2D eigenvalue weighted by molar-refractivity contribution is 6.33. The Kier molecular flexibility index (Phi) is 4.48. The summed E-state index contributed by atoms with van der Waals surface area (Å²) in [4.78, 5) is 14.7. The SMILES string of the molecule is CC[C@H]1CCCCN1C(=O)c1cc(-c2ccccc2Cl)n[nH]1. The van der Waals surface area contributed by atoms with Crippen molar-refractivity contribution in [1.29, 1.82) is 0 Å². The number of hydrogen-bond donors (Lipinski definition) is 1. The smallest absolute Gasteiger partial charge is 0.272 e. The number of amides is 1. The molecule has 5 heteroatoms. The van der Waals surface area contributed by atoms with Gasteiger partial charge in [-0.05, 0) is 37.8 Å². The minimum absolute atomic E-state index is 0.0392. The first-order valence-electron chi connectivity index (χ1n) is 7.82. The van der Waals surface area contributed by atoms with Crippen LogP contribution in [-0.4, -0.2) is 33.6 Å². The average Bonchev–Trinajstić information content (AvgIpc) is 3.04. The fourth-order valence-corrected chi connectivity index (χ4v) is 3.32. The molecule has 22 heavy (non-hydrogen) atoms. The minimum atomic E-state index is 0.0392. The Labute approximate surface area is 135 Å². The molecule has 1 amide bonds. The third-order valence-corrected chi connectivity index (χ3v) is 4.65. The zero-order valence-electron chi connectivity index (χ0n) is 12.7. The predicted octanol–water partition coefficient (Wildman–Crippen LogP) is 4.13. The van der Waals surface area contributed by atoms with Crippen molar-refractivity contribution in [2.45, 2.75) is 38.6 Å². The number of rotatable bonds is 3. The third kappa shape index (κ3) is 2.88. The summed E-state index contributed by atoms with van der Waals surface area (Å²) < 4.78 is 0. The van der Waals surface area contributed by atoms with E-state index < -0.39 is 0 Å². The first-order valence-corrected chi connectivity index (χ1v) is 8.19. The van der Waals surface area contributed by atoms with Gasteiger partial charge in [0.05, 0.1) is 10.7 Å². The van der Waals surface area contributed by atoms with Gasteiger partial charge in [-0.25, -0.2) is 0 Å². The molecule has 1 atom stereocenters. The molecule has 1 aliphatic heterocycles. The molecule has 0 saturated carbocycles. The Morgan fingerprint density at radius 3 is 3.00 bits per heavy atom. The maximum Gasteiger partial charge on any atom is 0.272 e. The van der Waals surface area contributed by atoms with Gasteiger partial charge in [0, 0.05) is 18.2 Å². The maximum absolute atomic E-state index is 12.7. The fraction of sp³-hybridized carbons (Fsp3) is 0.412. The molecule has 0 bridgehead atoms. The van der Waals surface area contributed by atoms with Crippen LogP contribution in [0.4, 0.5) is 0 Å². The second-order valence-electron chi connectivity index (χ2n) is 5.70. The van der Waals surface area contributed by atoms with Crippen molar-refractivity contribution in [3.05, 3.63) is 41.0 Å². The number of hydrogen-bond acceptors (Lipinski definition) is 2. The number of aromatic amines is 1. The minimum Gasteiger partial charge on any atom is -0.334 e. The van der Waals surface area contributed by atoms with Crippen molar-refractivity contribution < 1.29 is 4.79 Å². The predicted molar refractivity (Wildman–Crippen MR) is 88.0 cm³/mol. The number of nitrogens with one attached hydrogen (secondary N) is 1. The van der Waals surface area contributed by atoms with Gasteiger partial charge in [0.25, 0.3) is 5.91 Å². The highest BCUT2D eigenvalue weighted by atomic mass is 35.5. The summed E-state index contributed by atoms with van der Waals surface area (Å²) in [6.07, 6.45) is 4.37. The molecule has 1 fully saturated rings. The Morgan fingerprint density at radius 2 is 2.23 bits per heavy atom. The van der Waals surface area contributed by atoms with Crippen LogP contribution in [0.15, 0.2) is 30.3 Å². The number of aromatic nitrogens is 2. The monoisotopic (exact) mass is 317 g/mol. The van der Waals surface area contributed by atoms with Crippen LogP contribution in [0, 0.1) is 0 Å². The van der Waals surface area contributed by atoms with Crippen molar-refractivity contribution in [2.75, 3.05) is 6.54 Å². The summed E-state index contributed by atoms with van der Waals surface area (Å²) in [5.41, 5.74) is 2.08. The lowest BCUT2D eigenvalue weighted by Crippen LogP contribution is -2.43. The number of carbonyl (C=O) groups is 1. The van der Waals surface area contributed by atoms with Gasteiger partial charge in [0.1, 0.15) is 5.69 Å². The fourth-order valence-electron chi connectivity index (χ4n) is 3.09. The molecule has 1 aliphatic rings. The Balaban J connectivity index is 1.84. The molecule has 1 N–H and O–H groups in total. The molecule has 2 heterocycles. The van der Waals surface area contributed by atoms with Crippen LogP contribution >= 0.6 is 11.6 Å². The van der Waals surface area contributed by atoms with E-state index >= 15 is 0 Å². The average molecular weight is 318 g/mol. The third-order valence-electron chi connectivity index (χ3n) is 4.32. The zero-order chi connectivity index (χ0) is 15.5. The van der Waals surface area contributed by atoms with Crippen LogP contribution in [0.5, 0.6) is 0 Å². The first-order chi connectivity index (χ1) is 10.7. The van der Waals surface area contributed by atoms with Gasteiger partial charge in [-0.15, -0.1) is 0 Å². The molecule has 0 aliphatic carbocycles. The Hall–Kier alpha value is -1.81. The van der Waals surface area contributed by atoms with Gasteiger partial charge in [-0.2, -0.15) is 5.10 Å². The van der Waals surface area contributed by atoms with Crippen LogP contribution in [0.2, 0.25) is 5.02 Å². The molecule has 0 unspecified atom stereocenters. The van der Waals surface area contributed by atoms with E-state index in [-0.39, 0.29) is 5.91 Å². The van der Waals surface area contributed by atoms with Gasteiger partial charge in [-0.3, -0.25) is 9.89 Å². The van der Waals surface area contributed by atoms with E-state index in [0.29, 0.717) is 22.5 Å². The van der Waals surface area contributed by atoms with Crippen LogP contribution in [0.3, 0.4) is 0 Å². The van der Waals surface area contributed by atoms with E-state index in [1.807, 2.05) is 29.2 Å². The Bertz CT molecular complexity index is 667. The van der Waals surface area contributed by atoms with E-state index in [0.717, 1.165) is 31.4 Å². The van der Waals surface area contributed by atoms with Gasteiger partial charge < -0.3 is 4.90 Å². The van der Waals surface area contributed by atoms with E-state index in [2.05, 4.69) is 17.1 Å². The van der Waals surface area contributed by atoms with Gasteiger partial charge in [-0.1, -0.05) is 36.7 Å². The highest BCUT2D eigenvalue weighted by Crippen LogP contribution is 2.27. The van der Waals surface area contributed by atoms with Crippen molar-refractivity contribution in [3.63, 3.8) is 0 Å². The summed E-state index contributed by atoms with van der Waals surface area (Å²) in [7, 11) is 0.